The van der Waals surface area contributed by atoms with Gasteiger partial charge in [0.05, 0.1) is 28.3 Å². The number of aromatic nitrogens is 2. The Labute approximate surface area is 160 Å². The van der Waals surface area contributed by atoms with Gasteiger partial charge in [0.15, 0.2) is 0 Å². The summed E-state index contributed by atoms with van der Waals surface area (Å²) in [4.78, 5) is 27.3. The Bertz CT molecular complexity index is 863. The normalized spacial score (nSPS) is 26.4. The van der Waals surface area contributed by atoms with E-state index >= 15 is 0 Å². The minimum absolute atomic E-state index is 0.164. The molecule has 2 atom stereocenters. The van der Waals surface area contributed by atoms with E-state index in [0.29, 0.717) is 11.9 Å². The highest BCUT2D eigenvalue weighted by atomic mass is 16.2. The third kappa shape index (κ3) is 3.22. The molecular formula is C22H28N4O. The van der Waals surface area contributed by atoms with E-state index in [1.165, 1.54) is 19.3 Å². The third-order valence-electron chi connectivity index (χ3n) is 6.76. The number of aryl methyl sites for hydroxylation is 1. The summed E-state index contributed by atoms with van der Waals surface area (Å²) < 4.78 is 0. The van der Waals surface area contributed by atoms with Crippen LogP contribution in [0.2, 0.25) is 0 Å². The molecule has 4 heterocycles. The lowest BCUT2D eigenvalue weighted by molar-refractivity contribution is -0.141. The maximum Gasteiger partial charge on any atom is 0.227 e. The minimum Gasteiger partial charge on any atom is -0.338 e. The summed E-state index contributed by atoms with van der Waals surface area (Å²) in [6.45, 7) is 5.67. The van der Waals surface area contributed by atoms with Crippen molar-refractivity contribution in [1.29, 1.82) is 0 Å². The number of amides is 1. The zero-order chi connectivity index (χ0) is 18.4. The zero-order valence-electron chi connectivity index (χ0n) is 16.1. The van der Waals surface area contributed by atoms with Gasteiger partial charge in [0.25, 0.3) is 0 Å². The van der Waals surface area contributed by atoms with Crippen molar-refractivity contribution in [1.82, 2.24) is 19.8 Å². The van der Waals surface area contributed by atoms with Crippen molar-refractivity contribution in [2.45, 2.75) is 51.6 Å². The van der Waals surface area contributed by atoms with Gasteiger partial charge in [-0.3, -0.25) is 9.69 Å². The number of rotatable bonds is 4. The van der Waals surface area contributed by atoms with Crippen LogP contribution in [-0.4, -0.2) is 51.4 Å². The molecule has 5 heteroatoms. The van der Waals surface area contributed by atoms with Crippen LogP contribution in [0.4, 0.5) is 0 Å². The van der Waals surface area contributed by atoms with Crippen molar-refractivity contribution in [3.8, 4) is 0 Å². The predicted molar refractivity (Wildman–Crippen MR) is 105 cm³/mol. The van der Waals surface area contributed by atoms with Crippen LogP contribution in [0.15, 0.2) is 24.3 Å². The first-order chi connectivity index (χ1) is 13.2. The van der Waals surface area contributed by atoms with Crippen LogP contribution < -0.4 is 0 Å². The lowest BCUT2D eigenvalue weighted by atomic mass is 9.83. The molecule has 1 aliphatic carbocycles. The first kappa shape index (κ1) is 17.1. The molecule has 5 nitrogen and oxygen atoms in total. The van der Waals surface area contributed by atoms with Crippen molar-refractivity contribution >= 4 is 16.9 Å². The largest absolute Gasteiger partial charge is 0.338 e. The molecule has 1 amide bonds. The van der Waals surface area contributed by atoms with Gasteiger partial charge in [-0.15, -0.1) is 0 Å². The van der Waals surface area contributed by atoms with Crippen LogP contribution in [0.5, 0.6) is 0 Å². The van der Waals surface area contributed by atoms with Gasteiger partial charge in [-0.2, -0.15) is 0 Å². The molecule has 0 spiro atoms. The van der Waals surface area contributed by atoms with Crippen molar-refractivity contribution in [2.24, 2.45) is 11.8 Å². The molecule has 2 aromatic rings. The Morgan fingerprint density at radius 2 is 1.81 bits per heavy atom. The van der Waals surface area contributed by atoms with Gasteiger partial charge >= 0.3 is 0 Å². The van der Waals surface area contributed by atoms with Crippen molar-refractivity contribution in [3.05, 3.63) is 35.7 Å². The first-order valence-corrected chi connectivity index (χ1v) is 10.4. The second-order valence-corrected chi connectivity index (χ2v) is 8.65. The minimum atomic E-state index is 0.164. The quantitative estimate of drug-likeness (QED) is 0.836. The van der Waals surface area contributed by atoms with Crippen LogP contribution in [0, 0.1) is 18.8 Å². The highest BCUT2D eigenvalue weighted by Crippen LogP contribution is 2.34. The van der Waals surface area contributed by atoms with Crippen molar-refractivity contribution < 1.29 is 4.79 Å². The molecule has 0 radical (unpaired) electrons. The highest BCUT2D eigenvalue weighted by molar-refractivity contribution is 5.80. The highest BCUT2D eigenvalue weighted by Gasteiger charge is 2.41. The van der Waals surface area contributed by atoms with E-state index in [1.54, 1.807) is 0 Å². The molecule has 3 saturated heterocycles. The van der Waals surface area contributed by atoms with E-state index in [0.717, 1.165) is 67.4 Å². The monoisotopic (exact) mass is 364 g/mol. The molecule has 1 aromatic carbocycles. The summed E-state index contributed by atoms with van der Waals surface area (Å²) in [7, 11) is 0. The van der Waals surface area contributed by atoms with E-state index in [-0.39, 0.29) is 5.92 Å². The molecule has 0 N–H and O–H groups in total. The molecule has 1 aromatic heterocycles. The van der Waals surface area contributed by atoms with Gasteiger partial charge in [0, 0.05) is 32.2 Å². The summed E-state index contributed by atoms with van der Waals surface area (Å²) in [5, 5.41) is 0. The number of nitrogens with zero attached hydrogens (tertiary/aromatic N) is 4. The summed E-state index contributed by atoms with van der Waals surface area (Å²) in [5.74, 6) is 1.31. The Morgan fingerprint density at radius 3 is 2.56 bits per heavy atom. The molecule has 142 valence electrons. The molecule has 4 fully saturated rings. The molecule has 0 unspecified atom stereocenters. The molecule has 1 saturated carbocycles. The number of hydrogen-bond donors (Lipinski definition) is 0. The standard InChI is InChI=1S/C22H28N4O/c1-15-21(24-20-8-3-2-7-19(20)23-15)14-25-12-17-9-10-18(13-25)26(22(17)27)11-16-5-4-6-16/h2-3,7-8,16-18H,4-6,9-14H2,1H3/t17-,18+/m1/s1. The second-order valence-electron chi connectivity index (χ2n) is 8.65. The first-order valence-electron chi connectivity index (χ1n) is 10.4. The van der Waals surface area contributed by atoms with Crippen LogP contribution in [-0.2, 0) is 11.3 Å². The average Bonchev–Trinajstić information content (AvgIpc) is 2.89. The lowest BCUT2D eigenvalue weighted by Gasteiger charge is -2.40. The molecular weight excluding hydrogens is 336 g/mol. The van der Waals surface area contributed by atoms with Gasteiger partial charge in [-0.25, -0.2) is 9.97 Å². The molecule has 3 aliphatic heterocycles. The van der Waals surface area contributed by atoms with E-state index in [9.17, 15) is 4.79 Å². The number of fused-ring (bicyclic) bond motifs is 5. The third-order valence-corrected chi connectivity index (χ3v) is 6.76. The Balaban J connectivity index is 1.36. The van der Waals surface area contributed by atoms with Gasteiger partial charge in [0.1, 0.15) is 0 Å². The number of benzene rings is 1. The molecule has 2 bridgehead atoms. The average molecular weight is 364 g/mol. The van der Waals surface area contributed by atoms with Gasteiger partial charge in [-0.1, -0.05) is 18.6 Å². The maximum atomic E-state index is 13.0. The van der Waals surface area contributed by atoms with Crippen LogP contribution in [0.25, 0.3) is 11.0 Å². The summed E-state index contributed by atoms with van der Waals surface area (Å²) in [6.07, 6.45) is 6.14. The zero-order valence-corrected chi connectivity index (χ0v) is 16.1. The summed E-state index contributed by atoms with van der Waals surface area (Å²) in [6, 6.07) is 8.44. The smallest absolute Gasteiger partial charge is 0.227 e. The maximum absolute atomic E-state index is 13.0. The number of piperidine rings is 1. The fourth-order valence-electron chi connectivity index (χ4n) is 4.94. The SMILES string of the molecule is Cc1nc2ccccc2nc1CN1C[C@H]2CC[C@@H](C1)N(CC1CCC1)C2=O. The second kappa shape index (κ2) is 6.86. The van der Waals surface area contributed by atoms with Gasteiger partial charge in [-0.05, 0) is 50.7 Å². The van der Waals surface area contributed by atoms with Crippen molar-refractivity contribution in [3.63, 3.8) is 0 Å². The fraction of sp³-hybridized carbons (Fsp3) is 0.591. The van der Waals surface area contributed by atoms with E-state index in [2.05, 4.69) is 16.7 Å². The molecule has 6 rings (SSSR count). The molecule has 4 aliphatic rings. The Kier molecular flexibility index (Phi) is 4.35. The van der Waals surface area contributed by atoms with E-state index < -0.39 is 0 Å². The number of para-hydroxylation sites is 2. The van der Waals surface area contributed by atoms with E-state index in [1.807, 2.05) is 24.3 Å². The number of hydrogen-bond acceptors (Lipinski definition) is 4. The lowest BCUT2D eigenvalue weighted by Crippen LogP contribution is -2.50. The Hall–Kier alpha value is -2.01. The topological polar surface area (TPSA) is 49.3 Å². The number of carbonyl (C=O) groups is 1. The summed E-state index contributed by atoms with van der Waals surface area (Å²) >= 11 is 0. The fourth-order valence-corrected chi connectivity index (χ4v) is 4.94. The van der Waals surface area contributed by atoms with Crippen LogP contribution in [0.1, 0.15) is 43.5 Å². The number of carbonyl (C=O) groups excluding carboxylic acids is 1. The van der Waals surface area contributed by atoms with Crippen molar-refractivity contribution in [2.75, 3.05) is 19.6 Å². The van der Waals surface area contributed by atoms with Gasteiger partial charge in [0.2, 0.25) is 5.91 Å². The van der Waals surface area contributed by atoms with Crippen LogP contribution >= 0.6 is 0 Å². The Morgan fingerprint density at radius 1 is 1.04 bits per heavy atom. The summed E-state index contributed by atoms with van der Waals surface area (Å²) in [5.41, 5.74) is 3.96. The predicted octanol–water partition coefficient (Wildman–Crippen LogP) is 3.16. The van der Waals surface area contributed by atoms with Gasteiger partial charge < -0.3 is 4.90 Å². The molecule has 27 heavy (non-hydrogen) atoms. The van der Waals surface area contributed by atoms with Crippen LogP contribution in [0.3, 0.4) is 0 Å². The van der Waals surface area contributed by atoms with E-state index in [4.69, 9.17) is 9.97 Å².